The SMILES string of the molecule is OC1CCC[P+]1(c1ccccc1)c1ccccc1. The standard InChI is InChI=1S/C16H18OP/c17-16-12-7-13-18(16,14-8-3-1-4-9-14)15-10-5-2-6-11-15/h1-6,8-11,16-17H,7,12-13H2/q+1. The second-order valence-corrected chi connectivity index (χ2v) is 8.70. The van der Waals surface area contributed by atoms with Crippen LogP contribution in [-0.4, -0.2) is 17.1 Å². The molecule has 3 rings (SSSR count). The van der Waals surface area contributed by atoms with Crippen molar-refractivity contribution < 1.29 is 5.11 Å². The van der Waals surface area contributed by atoms with Crippen molar-refractivity contribution in [2.75, 3.05) is 6.16 Å². The molecule has 0 saturated carbocycles. The summed E-state index contributed by atoms with van der Waals surface area (Å²) in [6, 6.07) is 21.2. The third-order valence-electron chi connectivity index (χ3n) is 3.92. The lowest BCUT2D eigenvalue weighted by atomic mass is 10.4. The predicted molar refractivity (Wildman–Crippen MR) is 79.2 cm³/mol. The minimum Gasteiger partial charge on any atom is -0.358 e. The average Bonchev–Trinajstić information content (AvgIpc) is 2.84. The number of rotatable bonds is 2. The van der Waals surface area contributed by atoms with Crippen LogP contribution in [0, 0.1) is 0 Å². The first-order valence-electron chi connectivity index (χ1n) is 6.51. The van der Waals surface area contributed by atoms with Crippen LogP contribution in [0.5, 0.6) is 0 Å². The molecule has 0 aliphatic carbocycles. The van der Waals surface area contributed by atoms with Crippen molar-refractivity contribution in [1.82, 2.24) is 0 Å². The highest BCUT2D eigenvalue weighted by Gasteiger charge is 2.52. The topological polar surface area (TPSA) is 20.2 Å². The molecule has 1 aliphatic heterocycles. The molecule has 1 heterocycles. The number of hydrogen-bond acceptors (Lipinski definition) is 1. The van der Waals surface area contributed by atoms with Gasteiger partial charge in [0.1, 0.15) is 17.9 Å². The molecule has 1 unspecified atom stereocenters. The Balaban J connectivity index is 2.17. The summed E-state index contributed by atoms with van der Waals surface area (Å²) >= 11 is 0. The summed E-state index contributed by atoms with van der Waals surface area (Å²) in [4.78, 5) is 0. The average molecular weight is 257 g/mol. The molecule has 1 saturated heterocycles. The Morgan fingerprint density at radius 1 is 0.833 bits per heavy atom. The first-order chi connectivity index (χ1) is 8.84. The van der Waals surface area contributed by atoms with Crippen molar-refractivity contribution >= 4 is 17.9 Å². The van der Waals surface area contributed by atoms with Gasteiger partial charge in [-0.2, -0.15) is 0 Å². The van der Waals surface area contributed by atoms with Gasteiger partial charge >= 0.3 is 0 Å². The van der Waals surface area contributed by atoms with E-state index in [2.05, 4.69) is 48.5 Å². The molecule has 0 aromatic heterocycles. The Morgan fingerprint density at radius 3 is 1.72 bits per heavy atom. The maximum absolute atomic E-state index is 10.6. The van der Waals surface area contributed by atoms with Crippen LogP contribution in [0.2, 0.25) is 0 Å². The Kier molecular flexibility index (Phi) is 3.20. The molecule has 2 heteroatoms. The summed E-state index contributed by atoms with van der Waals surface area (Å²) in [6.45, 7) is 0. The lowest BCUT2D eigenvalue weighted by Gasteiger charge is -2.25. The summed E-state index contributed by atoms with van der Waals surface area (Å²) in [5.41, 5.74) is 0. The Morgan fingerprint density at radius 2 is 1.33 bits per heavy atom. The summed E-state index contributed by atoms with van der Waals surface area (Å²) in [7, 11) is -1.59. The van der Waals surface area contributed by atoms with E-state index in [1.165, 1.54) is 10.6 Å². The van der Waals surface area contributed by atoms with Crippen LogP contribution in [0.15, 0.2) is 60.7 Å². The van der Waals surface area contributed by atoms with Gasteiger partial charge in [0.25, 0.3) is 0 Å². The normalized spacial score (nSPS) is 21.9. The molecule has 0 radical (unpaired) electrons. The lowest BCUT2D eigenvalue weighted by molar-refractivity contribution is 0.254. The molecule has 1 aliphatic rings. The number of hydrogen-bond donors (Lipinski definition) is 1. The first kappa shape index (κ1) is 11.9. The van der Waals surface area contributed by atoms with Crippen molar-refractivity contribution in [3.63, 3.8) is 0 Å². The van der Waals surface area contributed by atoms with Gasteiger partial charge in [-0.3, -0.25) is 0 Å². The monoisotopic (exact) mass is 257 g/mol. The highest BCUT2D eigenvalue weighted by Crippen LogP contribution is 2.65. The fraction of sp³-hybridized carbons (Fsp3) is 0.250. The van der Waals surface area contributed by atoms with E-state index in [-0.39, 0.29) is 5.85 Å². The second kappa shape index (κ2) is 4.84. The molecular weight excluding hydrogens is 239 g/mol. The van der Waals surface area contributed by atoms with Crippen LogP contribution in [-0.2, 0) is 0 Å². The van der Waals surface area contributed by atoms with Gasteiger partial charge < -0.3 is 5.11 Å². The van der Waals surface area contributed by atoms with Crippen LogP contribution in [0.4, 0.5) is 0 Å². The molecule has 1 N–H and O–H groups in total. The van der Waals surface area contributed by atoms with Crippen molar-refractivity contribution in [3.05, 3.63) is 60.7 Å². The largest absolute Gasteiger partial charge is 0.358 e. The number of aliphatic hydroxyl groups is 1. The van der Waals surface area contributed by atoms with Gasteiger partial charge in [-0.05, 0) is 30.7 Å². The Bertz CT molecular complexity index is 470. The van der Waals surface area contributed by atoms with Gasteiger partial charge in [-0.15, -0.1) is 0 Å². The lowest BCUT2D eigenvalue weighted by Crippen LogP contribution is -2.29. The van der Waals surface area contributed by atoms with Crippen LogP contribution >= 0.6 is 7.26 Å². The zero-order valence-electron chi connectivity index (χ0n) is 10.4. The van der Waals surface area contributed by atoms with Crippen LogP contribution < -0.4 is 10.6 Å². The van der Waals surface area contributed by atoms with Gasteiger partial charge in [-0.25, -0.2) is 0 Å². The quantitative estimate of drug-likeness (QED) is 0.820. The summed E-state index contributed by atoms with van der Waals surface area (Å²) in [5.74, 6) is -0.165. The van der Waals surface area contributed by atoms with E-state index in [1.807, 2.05) is 12.1 Å². The predicted octanol–water partition coefficient (Wildman–Crippen LogP) is 2.77. The molecule has 1 atom stereocenters. The molecule has 2 aromatic carbocycles. The Labute approximate surface area is 109 Å². The number of aliphatic hydroxyl groups excluding tert-OH is 1. The number of benzene rings is 2. The molecule has 1 nitrogen and oxygen atoms in total. The van der Waals surface area contributed by atoms with E-state index in [9.17, 15) is 5.11 Å². The highest BCUT2D eigenvalue weighted by molar-refractivity contribution is 7.90. The van der Waals surface area contributed by atoms with E-state index in [0.29, 0.717) is 0 Å². The first-order valence-corrected chi connectivity index (χ1v) is 8.55. The molecule has 18 heavy (non-hydrogen) atoms. The summed E-state index contributed by atoms with van der Waals surface area (Å²) in [6.07, 6.45) is 3.22. The van der Waals surface area contributed by atoms with Gasteiger partial charge in [-0.1, -0.05) is 36.4 Å². The maximum atomic E-state index is 10.6. The highest BCUT2D eigenvalue weighted by atomic mass is 31.2. The van der Waals surface area contributed by atoms with Crippen molar-refractivity contribution in [2.45, 2.75) is 18.7 Å². The molecular formula is C16H18OP+. The van der Waals surface area contributed by atoms with Gasteiger partial charge in [0, 0.05) is 6.42 Å². The van der Waals surface area contributed by atoms with Crippen LogP contribution in [0.25, 0.3) is 0 Å². The van der Waals surface area contributed by atoms with E-state index in [1.54, 1.807) is 0 Å². The molecule has 1 fully saturated rings. The fourth-order valence-electron chi connectivity index (χ4n) is 3.03. The van der Waals surface area contributed by atoms with Crippen molar-refractivity contribution in [3.8, 4) is 0 Å². The van der Waals surface area contributed by atoms with Crippen LogP contribution in [0.3, 0.4) is 0 Å². The summed E-state index contributed by atoms with van der Waals surface area (Å²) in [5, 5.41) is 13.3. The minimum absolute atomic E-state index is 0.165. The maximum Gasteiger partial charge on any atom is 0.173 e. The molecule has 0 spiro atoms. The minimum atomic E-state index is -1.59. The zero-order chi connectivity index (χ0) is 12.4. The second-order valence-electron chi connectivity index (χ2n) is 4.89. The van der Waals surface area contributed by atoms with E-state index < -0.39 is 7.26 Å². The van der Waals surface area contributed by atoms with Crippen LogP contribution in [0.1, 0.15) is 12.8 Å². The molecule has 0 bridgehead atoms. The van der Waals surface area contributed by atoms with Gasteiger partial charge in [0.15, 0.2) is 5.85 Å². The van der Waals surface area contributed by atoms with Gasteiger partial charge in [0.2, 0.25) is 0 Å². The van der Waals surface area contributed by atoms with E-state index >= 15 is 0 Å². The van der Waals surface area contributed by atoms with Crippen molar-refractivity contribution in [1.29, 1.82) is 0 Å². The van der Waals surface area contributed by atoms with Gasteiger partial charge in [0.05, 0.1) is 6.16 Å². The molecule has 2 aromatic rings. The summed E-state index contributed by atoms with van der Waals surface area (Å²) < 4.78 is 0. The molecule has 0 amide bonds. The zero-order valence-corrected chi connectivity index (χ0v) is 11.3. The van der Waals surface area contributed by atoms with Crippen molar-refractivity contribution in [2.24, 2.45) is 0 Å². The smallest absolute Gasteiger partial charge is 0.173 e. The Hall–Kier alpha value is -1.17. The van der Waals surface area contributed by atoms with E-state index in [0.717, 1.165) is 19.0 Å². The molecule has 92 valence electrons. The third-order valence-corrected chi connectivity index (χ3v) is 8.65. The third kappa shape index (κ3) is 1.79. The fourth-order valence-corrected chi connectivity index (χ4v) is 7.55. The van der Waals surface area contributed by atoms with E-state index in [4.69, 9.17) is 0 Å².